The number of amides is 1. The third-order valence-corrected chi connectivity index (χ3v) is 5.36. The normalized spacial score (nSPS) is 18.3. The Morgan fingerprint density at radius 3 is 2.74 bits per heavy atom. The van der Waals surface area contributed by atoms with Crippen molar-refractivity contribution in [2.75, 3.05) is 13.1 Å². The molecule has 0 bridgehead atoms. The highest BCUT2D eigenvalue weighted by molar-refractivity contribution is 6.30. The van der Waals surface area contributed by atoms with Gasteiger partial charge in [0.1, 0.15) is 16.8 Å². The van der Waals surface area contributed by atoms with Crippen molar-refractivity contribution in [1.29, 1.82) is 0 Å². The molecule has 1 aromatic heterocycles. The summed E-state index contributed by atoms with van der Waals surface area (Å²) < 4.78 is 16.9. The van der Waals surface area contributed by atoms with Gasteiger partial charge in [-0.05, 0) is 46.7 Å². The van der Waals surface area contributed by atoms with Crippen molar-refractivity contribution < 1.29 is 18.9 Å². The Balaban J connectivity index is 1.30. The van der Waals surface area contributed by atoms with E-state index in [9.17, 15) is 4.79 Å². The van der Waals surface area contributed by atoms with Gasteiger partial charge in [0.25, 0.3) is 5.91 Å². The Bertz CT molecular complexity index is 1030. The first-order valence-corrected chi connectivity index (χ1v) is 9.13. The maximum Gasteiger partial charge on any atom is 0.253 e. The van der Waals surface area contributed by atoms with Crippen LogP contribution in [0.5, 0.6) is 5.75 Å². The van der Waals surface area contributed by atoms with Gasteiger partial charge in [0.05, 0.1) is 6.61 Å². The number of piperidine rings is 1. The molecule has 1 spiro atoms. The van der Waals surface area contributed by atoms with Gasteiger partial charge < -0.3 is 14.4 Å². The molecule has 5 rings (SSSR count). The number of carbonyl (C=O) groups is 1. The monoisotopic (exact) mass is 385 g/mol. The molecular weight excluding hydrogens is 370 g/mol. The molecule has 0 aliphatic carbocycles. The number of halogens is 1. The van der Waals surface area contributed by atoms with Gasteiger partial charge in [-0.3, -0.25) is 4.79 Å². The number of rotatable bonds is 1. The van der Waals surface area contributed by atoms with Crippen LogP contribution in [0.4, 0.5) is 0 Å². The molecule has 0 saturated carbocycles. The van der Waals surface area contributed by atoms with Gasteiger partial charge in [-0.2, -0.15) is 0 Å². The second kappa shape index (κ2) is 6.21. The summed E-state index contributed by atoms with van der Waals surface area (Å²) in [4.78, 5) is 14.6. The van der Waals surface area contributed by atoms with Crippen molar-refractivity contribution in [3.05, 3.63) is 52.5 Å². The number of nitrogens with zero attached hydrogens (tertiary/aromatic N) is 3. The fourth-order valence-corrected chi connectivity index (χ4v) is 3.79. The lowest BCUT2D eigenvalue weighted by molar-refractivity contribution is -0.225. The summed E-state index contributed by atoms with van der Waals surface area (Å²) in [5.41, 5.74) is 2.72. The third-order valence-electron chi connectivity index (χ3n) is 5.12. The average Bonchev–Trinajstić information content (AvgIpc) is 3.16. The Kier molecular flexibility index (Phi) is 3.80. The molecule has 0 N–H and O–H groups in total. The van der Waals surface area contributed by atoms with E-state index in [1.165, 1.54) is 0 Å². The van der Waals surface area contributed by atoms with Crippen LogP contribution in [0, 0.1) is 0 Å². The molecular formula is C19H16ClN3O4. The number of likely N-dealkylation sites (tertiary alicyclic amines) is 1. The highest BCUT2D eigenvalue weighted by Crippen LogP contribution is 2.38. The fraction of sp³-hybridized carbons (Fsp3) is 0.316. The Labute approximate surface area is 159 Å². The molecule has 138 valence electrons. The van der Waals surface area contributed by atoms with Crippen LogP contribution in [0.25, 0.3) is 11.0 Å². The zero-order valence-corrected chi connectivity index (χ0v) is 15.1. The van der Waals surface area contributed by atoms with E-state index in [2.05, 4.69) is 10.3 Å². The molecule has 2 aliphatic rings. The summed E-state index contributed by atoms with van der Waals surface area (Å²) >= 11 is 6.03. The van der Waals surface area contributed by atoms with Crippen LogP contribution in [0.1, 0.15) is 28.8 Å². The van der Waals surface area contributed by atoms with Crippen molar-refractivity contribution in [3.8, 4) is 5.75 Å². The molecule has 0 atom stereocenters. The highest BCUT2D eigenvalue weighted by atomic mass is 35.5. The first kappa shape index (κ1) is 16.5. The van der Waals surface area contributed by atoms with E-state index < -0.39 is 5.79 Å². The highest BCUT2D eigenvalue weighted by Gasteiger charge is 2.42. The maximum atomic E-state index is 12.8. The molecule has 3 heterocycles. The number of ether oxygens (including phenoxy) is 2. The summed E-state index contributed by atoms with van der Waals surface area (Å²) in [6.45, 7) is 1.56. The molecule has 7 nitrogen and oxygen atoms in total. The average molecular weight is 386 g/mol. The van der Waals surface area contributed by atoms with E-state index >= 15 is 0 Å². The SMILES string of the molecule is O=C(c1ccc2nonc2c1)N1CCC2(CC1)OCc1cc(Cl)ccc1O2. The van der Waals surface area contributed by atoms with Crippen LogP contribution in [0.2, 0.25) is 5.02 Å². The Morgan fingerprint density at radius 2 is 1.89 bits per heavy atom. The Morgan fingerprint density at radius 1 is 1.07 bits per heavy atom. The zero-order valence-electron chi connectivity index (χ0n) is 14.4. The van der Waals surface area contributed by atoms with Crippen LogP contribution >= 0.6 is 11.6 Å². The zero-order chi connectivity index (χ0) is 18.4. The van der Waals surface area contributed by atoms with E-state index in [4.69, 9.17) is 25.7 Å². The van der Waals surface area contributed by atoms with Crippen molar-refractivity contribution in [2.45, 2.75) is 25.2 Å². The first-order chi connectivity index (χ1) is 13.1. The standard InChI is InChI=1S/C19H16ClN3O4/c20-14-2-4-17-13(9-14)11-25-19(26-17)5-7-23(8-6-19)18(24)12-1-3-15-16(10-12)22-27-21-15/h1-4,9-10H,5-8,11H2. The second-order valence-electron chi connectivity index (χ2n) is 6.81. The molecule has 1 fully saturated rings. The lowest BCUT2D eigenvalue weighted by atomic mass is 10.0. The predicted octanol–water partition coefficient (Wildman–Crippen LogP) is 3.42. The third kappa shape index (κ3) is 2.93. The molecule has 2 aliphatic heterocycles. The van der Waals surface area contributed by atoms with E-state index in [0.717, 1.165) is 11.3 Å². The van der Waals surface area contributed by atoms with Crippen molar-refractivity contribution in [1.82, 2.24) is 15.2 Å². The largest absolute Gasteiger partial charge is 0.462 e. The van der Waals surface area contributed by atoms with Crippen LogP contribution in [-0.4, -0.2) is 40.0 Å². The second-order valence-corrected chi connectivity index (χ2v) is 7.25. The van der Waals surface area contributed by atoms with Gasteiger partial charge in [-0.25, -0.2) is 4.63 Å². The number of carbonyl (C=O) groups excluding carboxylic acids is 1. The van der Waals surface area contributed by atoms with Crippen molar-refractivity contribution in [2.24, 2.45) is 0 Å². The molecule has 2 aromatic carbocycles. The topological polar surface area (TPSA) is 77.7 Å². The van der Waals surface area contributed by atoms with Gasteiger partial charge in [-0.15, -0.1) is 0 Å². The number of hydrogen-bond acceptors (Lipinski definition) is 6. The molecule has 27 heavy (non-hydrogen) atoms. The van der Waals surface area contributed by atoms with Crippen LogP contribution in [0.15, 0.2) is 41.0 Å². The molecule has 0 unspecified atom stereocenters. The molecule has 0 radical (unpaired) electrons. The van der Waals surface area contributed by atoms with E-state index in [1.807, 2.05) is 23.1 Å². The predicted molar refractivity (Wildman–Crippen MR) is 96.5 cm³/mol. The van der Waals surface area contributed by atoms with Gasteiger partial charge >= 0.3 is 0 Å². The quantitative estimate of drug-likeness (QED) is 0.638. The summed E-state index contributed by atoms with van der Waals surface area (Å²) in [7, 11) is 0. The smallest absolute Gasteiger partial charge is 0.253 e. The van der Waals surface area contributed by atoms with Crippen LogP contribution < -0.4 is 4.74 Å². The number of fused-ring (bicyclic) bond motifs is 2. The summed E-state index contributed by atoms with van der Waals surface area (Å²) in [6, 6.07) is 10.7. The minimum Gasteiger partial charge on any atom is -0.462 e. The minimum atomic E-state index is -0.683. The van der Waals surface area contributed by atoms with Crippen LogP contribution in [-0.2, 0) is 11.3 Å². The molecule has 3 aromatic rings. The van der Waals surface area contributed by atoms with Gasteiger partial charge in [-0.1, -0.05) is 11.6 Å². The summed E-state index contributed by atoms with van der Waals surface area (Å²) in [5, 5.41) is 8.22. The summed E-state index contributed by atoms with van der Waals surface area (Å²) in [5.74, 6) is 0.0737. The number of benzene rings is 2. The van der Waals surface area contributed by atoms with E-state index in [1.54, 1.807) is 18.2 Å². The number of hydrogen-bond donors (Lipinski definition) is 0. The number of aromatic nitrogens is 2. The van der Waals surface area contributed by atoms with Crippen molar-refractivity contribution in [3.63, 3.8) is 0 Å². The van der Waals surface area contributed by atoms with E-state index in [-0.39, 0.29) is 5.91 Å². The van der Waals surface area contributed by atoms with Gasteiger partial charge in [0.2, 0.25) is 5.79 Å². The Hall–Kier alpha value is -2.64. The van der Waals surface area contributed by atoms with Crippen LogP contribution in [0.3, 0.4) is 0 Å². The lowest BCUT2D eigenvalue weighted by Crippen LogP contribution is -2.52. The molecule has 1 amide bonds. The summed E-state index contributed by atoms with van der Waals surface area (Å²) in [6.07, 6.45) is 1.21. The van der Waals surface area contributed by atoms with E-state index in [0.29, 0.717) is 54.2 Å². The molecule has 8 heteroatoms. The lowest BCUT2D eigenvalue weighted by Gasteiger charge is -2.44. The van der Waals surface area contributed by atoms with Gasteiger partial charge in [0, 0.05) is 42.1 Å². The maximum absolute atomic E-state index is 12.8. The molecule has 1 saturated heterocycles. The first-order valence-electron chi connectivity index (χ1n) is 8.75. The van der Waals surface area contributed by atoms with Crippen molar-refractivity contribution >= 4 is 28.5 Å². The minimum absolute atomic E-state index is 0.0438. The fourth-order valence-electron chi connectivity index (χ4n) is 3.59. The van der Waals surface area contributed by atoms with Gasteiger partial charge in [0.15, 0.2) is 0 Å².